The van der Waals surface area contributed by atoms with E-state index in [1.165, 1.54) is 12.1 Å². The summed E-state index contributed by atoms with van der Waals surface area (Å²) >= 11 is 0. The van der Waals surface area contributed by atoms with Crippen LogP contribution in [-0.2, 0) is 19.5 Å². The predicted octanol–water partition coefficient (Wildman–Crippen LogP) is 1.28. The molecule has 0 bridgehead atoms. The average Bonchev–Trinajstić information content (AvgIpc) is 2.50. The zero-order chi connectivity index (χ0) is 15.6. The van der Waals surface area contributed by atoms with Gasteiger partial charge in [0.05, 0.1) is 29.7 Å². The predicted molar refractivity (Wildman–Crippen MR) is 78.3 cm³/mol. The van der Waals surface area contributed by atoms with Gasteiger partial charge in [-0.1, -0.05) is 6.07 Å². The fourth-order valence-electron chi connectivity index (χ4n) is 1.60. The smallest absolute Gasteiger partial charge is 0.240 e. The number of ether oxygens (including phenoxy) is 2. The van der Waals surface area contributed by atoms with Crippen molar-refractivity contribution in [3.05, 3.63) is 29.8 Å². The Morgan fingerprint density at radius 1 is 1.24 bits per heavy atom. The first kappa shape index (κ1) is 17.6. The third-order valence-corrected chi connectivity index (χ3v) is 4.17. The van der Waals surface area contributed by atoms with Crippen LogP contribution in [0.4, 0.5) is 0 Å². The van der Waals surface area contributed by atoms with Gasteiger partial charge in [-0.2, -0.15) is 5.26 Å². The van der Waals surface area contributed by atoms with Gasteiger partial charge in [0.2, 0.25) is 10.0 Å². The summed E-state index contributed by atoms with van der Waals surface area (Å²) in [5.41, 5.74) is 0.324. The van der Waals surface area contributed by atoms with Gasteiger partial charge in [-0.3, -0.25) is 0 Å². The van der Waals surface area contributed by atoms with Crippen molar-refractivity contribution < 1.29 is 17.9 Å². The largest absolute Gasteiger partial charge is 0.382 e. The maximum atomic E-state index is 12.0. The number of methoxy groups -OCH3 is 1. The van der Waals surface area contributed by atoms with Crippen LogP contribution in [0.2, 0.25) is 0 Å². The molecule has 0 aliphatic heterocycles. The summed E-state index contributed by atoms with van der Waals surface area (Å²) in [5.74, 6) is 0. The van der Waals surface area contributed by atoms with Gasteiger partial charge in [0.15, 0.2) is 0 Å². The van der Waals surface area contributed by atoms with Crippen LogP contribution in [0.3, 0.4) is 0 Å². The van der Waals surface area contributed by atoms with Crippen LogP contribution >= 0.6 is 0 Å². The molecule has 0 radical (unpaired) electrons. The number of rotatable bonds is 10. The standard InChI is InChI=1S/C14H20N2O4S/c1-19-9-10-20-8-3-2-7-16-21(17,18)14-6-4-5-13(11-14)12-15/h4-6,11,16H,2-3,7-10H2,1H3. The second kappa shape index (κ2) is 9.47. The molecule has 6 nitrogen and oxygen atoms in total. The summed E-state index contributed by atoms with van der Waals surface area (Å²) in [6, 6.07) is 7.87. The third kappa shape index (κ3) is 6.69. The molecule has 0 atom stereocenters. The molecule has 0 aliphatic rings. The van der Waals surface area contributed by atoms with Gasteiger partial charge >= 0.3 is 0 Å². The van der Waals surface area contributed by atoms with Crippen molar-refractivity contribution >= 4 is 10.0 Å². The van der Waals surface area contributed by atoms with E-state index in [2.05, 4.69) is 4.72 Å². The summed E-state index contributed by atoms with van der Waals surface area (Å²) in [6.07, 6.45) is 1.45. The van der Waals surface area contributed by atoms with Gasteiger partial charge in [-0.25, -0.2) is 13.1 Å². The molecule has 0 aliphatic carbocycles. The topological polar surface area (TPSA) is 88.4 Å². The first-order valence-electron chi connectivity index (χ1n) is 6.66. The molecule has 0 amide bonds. The molecule has 0 saturated carbocycles. The van der Waals surface area contributed by atoms with Gasteiger partial charge in [0.25, 0.3) is 0 Å². The minimum atomic E-state index is -3.56. The van der Waals surface area contributed by atoms with E-state index in [0.29, 0.717) is 38.3 Å². The lowest BCUT2D eigenvalue weighted by Crippen LogP contribution is -2.25. The molecule has 0 spiro atoms. The minimum Gasteiger partial charge on any atom is -0.382 e. The third-order valence-electron chi connectivity index (χ3n) is 2.71. The molecule has 21 heavy (non-hydrogen) atoms. The lowest BCUT2D eigenvalue weighted by atomic mass is 10.2. The molecule has 1 rings (SSSR count). The van der Waals surface area contributed by atoms with E-state index in [-0.39, 0.29) is 4.90 Å². The fourth-order valence-corrected chi connectivity index (χ4v) is 2.72. The Hall–Kier alpha value is -1.46. The second-order valence-electron chi connectivity index (χ2n) is 4.35. The summed E-state index contributed by atoms with van der Waals surface area (Å²) < 4.78 is 36.6. The first-order valence-corrected chi connectivity index (χ1v) is 8.15. The summed E-state index contributed by atoms with van der Waals surface area (Å²) in [7, 11) is -1.95. The van der Waals surface area contributed by atoms with Crippen LogP contribution in [-0.4, -0.2) is 41.9 Å². The molecule has 116 valence electrons. The summed E-state index contributed by atoms with van der Waals surface area (Å²) in [6.45, 7) is 2.02. The van der Waals surface area contributed by atoms with E-state index in [4.69, 9.17) is 14.7 Å². The second-order valence-corrected chi connectivity index (χ2v) is 6.12. The van der Waals surface area contributed by atoms with Crippen LogP contribution in [0.5, 0.6) is 0 Å². The Morgan fingerprint density at radius 2 is 2.05 bits per heavy atom. The number of hydrogen-bond acceptors (Lipinski definition) is 5. The molecular formula is C14H20N2O4S. The van der Waals surface area contributed by atoms with Crippen LogP contribution in [0, 0.1) is 11.3 Å². The molecule has 0 saturated heterocycles. The highest BCUT2D eigenvalue weighted by Gasteiger charge is 2.13. The number of nitriles is 1. The fraction of sp³-hybridized carbons (Fsp3) is 0.500. The lowest BCUT2D eigenvalue weighted by molar-refractivity contribution is 0.0689. The Morgan fingerprint density at radius 3 is 2.76 bits per heavy atom. The normalized spacial score (nSPS) is 11.2. The van der Waals surface area contributed by atoms with E-state index in [9.17, 15) is 8.42 Å². The summed E-state index contributed by atoms with van der Waals surface area (Å²) in [5, 5.41) is 8.77. The quantitative estimate of drug-likeness (QED) is 0.657. The van der Waals surface area contributed by atoms with Gasteiger partial charge in [0.1, 0.15) is 0 Å². The number of hydrogen-bond donors (Lipinski definition) is 1. The van der Waals surface area contributed by atoms with Crippen LogP contribution in [0.25, 0.3) is 0 Å². The van der Waals surface area contributed by atoms with Crippen LogP contribution in [0.15, 0.2) is 29.2 Å². The van der Waals surface area contributed by atoms with Gasteiger partial charge in [-0.05, 0) is 31.0 Å². The van der Waals surface area contributed by atoms with Crippen molar-refractivity contribution in [2.75, 3.05) is 33.5 Å². The van der Waals surface area contributed by atoms with Crippen LogP contribution in [0.1, 0.15) is 18.4 Å². The molecule has 0 fully saturated rings. The monoisotopic (exact) mass is 312 g/mol. The molecule has 1 N–H and O–H groups in total. The zero-order valence-corrected chi connectivity index (χ0v) is 12.9. The lowest BCUT2D eigenvalue weighted by Gasteiger charge is -2.07. The van der Waals surface area contributed by atoms with Crippen molar-refractivity contribution in [3.63, 3.8) is 0 Å². The maximum Gasteiger partial charge on any atom is 0.240 e. The van der Waals surface area contributed by atoms with Crippen molar-refractivity contribution in [2.45, 2.75) is 17.7 Å². The van der Waals surface area contributed by atoms with E-state index in [0.717, 1.165) is 6.42 Å². The molecule has 7 heteroatoms. The van der Waals surface area contributed by atoms with Crippen LogP contribution < -0.4 is 4.72 Å². The minimum absolute atomic E-state index is 0.109. The van der Waals surface area contributed by atoms with E-state index in [1.807, 2.05) is 6.07 Å². The van der Waals surface area contributed by atoms with E-state index in [1.54, 1.807) is 19.2 Å². The highest BCUT2D eigenvalue weighted by atomic mass is 32.2. The SMILES string of the molecule is COCCOCCCCNS(=O)(=O)c1cccc(C#N)c1. The molecule has 1 aromatic carbocycles. The highest BCUT2D eigenvalue weighted by Crippen LogP contribution is 2.10. The number of unbranched alkanes of at least 4 members (excludes halogenated alkanes) is 1. The van der Waals surface area contributed by atoms with Crippen molar-refractivity contribution in [3.8, 4) is 6.07 Å². The Kier molecular flexibility index (Phi) is 7.93. The van der Waals surface area contributed by atoms with Crippen molar-refractivity contribution in [2.24, 2.45) is 0 Å². The van der Waals surface area contributed by atoms with Gasteiger partial charge in [0, 0.05) is 20.3 Å². The van der Waals surface area contributed by atoms with Gasteiger partial charge in [-0.15, -0.1) is 0 Å². The number of nitrogens with zero attached hydrogens (tertiary/aromatic N) is 1. The zero-order valence-electron chi connectivity index (χ0n) is 12.0. The molecule has 0 aromatic heterocycles. The van der Waals surface area contributed by atoms with E-state index >= 15 is 0 Å². The maximum absolute atomic E-state index is 12.0. The number of benzene rings is 1. The van der Waals surface area contributed by atoms with Crippen molar-refractivity contribution in [1.29, 1.82) is 5.26 Å². The molecular weight excluding hydrogens is 292 g/mol. The van der Waals surface area contributed by atoms with E-state index < -0.39 is 10.0 Å². The highest BCUT2D eigenvalue weighted by molar-refractivity contribution is 7.89. The van der Waals surface area contributed by atoms with Crippen molar-refractivity contribution in [1.82, 2.24) is 4.72 Å². The number of nitrogens with one attached hydrogen (secondary N) is 1. The molecule has 0 heterocycles. The Balaban J connectivity index is 2.32. The summed E-state index contributed by atoms with van der Waals surface area (Å²) in [4.78, 5) is 0.109. The first-order chi connectivity index (χ1) is 10.1. The Bertz CT molecular complexity index is 567. The molecule has 1 aromatic rings. The number of sulfonamides is 1. The van der Waals surface area contributed by atoms with Gasteiger partial charge < -0.3 is 9.47 Å². The Labute approximate surface area is 125 Å². The average molecular weight is 312 g/mol. The molecule has 0 unspecified atom stereocenters.